The number of hydrogen-bond acceptors (Lipinski definition) is 6. The second kappa shape index (κ2) is 9.35. The van der Waals surface area contributed by atoms with Gasteiger partial charge >= 0.3 is 0 Å². The Kier molecular flexibility index (Phi) is 7.39. The third-order valence-electron chi connectivity index (χ3n) is 3.82. The highest BCUT2D eigenvalue weighted by atomic mass is 32.2. The molecule has 0 radical (unpaired) electrons. The van der Waals surface area contributed by atoms with E-state index < -0.39 is 15.3 Å². The van der Waals surface area contributed by atoms with Gasteiger partial charge in [0.1, 0.15) is 0 Å². The third-order valence-corrected chi connectivity index (χ3v) is 6.61. The fraction of sp³-hybridized carbons (Fsp3) is 0.389. The monoisotopic (exact) mass is 424 g/mol. The molecule has 8 nitrogen and oxygen atoms in total. The van der Waals surface area contributed by atoms with Crippen LogP contribution in [0.3, 0.4) is 0 Å². The van der Waals surface area contributed by atoms with Gasteiger partial charge in [-0.1, -0.05) is 31.2 Å². The van der Waals surface area contributed by atoms with Gasteiger partial charge in [0.05, 0.1) is 10.1 Å². The van der Waals surface area contributed by atoms with Crippen molar-refractivity contribution in [2.75, 3.05) is 19.4 Å². The second-order valence-electron chi connectivity index (χ2n) is 6.36. The van der Waals surface area contributed by atoms with Gasteiger partial charge in [-0.25, -0.2) is 17.7 Å². The molecule has 2 N–H and O–H groups in total. The Bertz CT molecular complexity index is 1000. The molecule has 2 rings (SSSR count). The van der Waals surface area contributed by atoms with Crippen LogP contribution in [0.5, 0.6) is 0 Å². The van der Waals surface area contributed by atoms with Crippen molar-refractivity contribution in [1.82, 2.24) is 14.3 Å². The molecule has 152 valence electrons. The zero-order valence-corrected chi connectivity index (χ0v) is 17.9. The normalized spacial score (nSPS) is 12.8. The molecule has 1 unspecified atom stereocenters. The summed E-state index contributed by atoms with van der Waals surface area (Å²) in [5.74, 6) is -0.326. The lowest BCUT2D eigenvalue weighted by molar-refractivity contribution is -0.115. The smallest absolute Gasteiger partial charge is 0.251 e. The van der Waals surface area contributed by atoms with E-state index >= 15 is 0 Å². The molecule has 0 saturated carbocycles. The molecule has 0 fully saturated rings. The Morgan fingerprint density at radius 3 is 2.68 bits per heavy atom. The summed E-state index contributed by atoms with van der Waals surface area (Å²) in [5, 5.41) is 2.54. The molecule has 1 amide bonds. The van der Waals surface area contributed by atoms with Crippen molar-refractivity contribution in [2.24, 2.45) is 0 Å². The van der Waals surface area contributed by atoms with Crippen LogP contribution in [0.4, 0.5) is 5.69 Å². The lowest BCUT2D eigenvalue weighted by atomic mass is 10.2. The summed E-state index contributed by atoms with van der Waals surface area (Å²) in [7, 11) is -0.704. The first-order valence-corrected chi connectivity index (χ1v) is 11.1. The lowest BCUT2D eigenvalue weighted by Gasteiger charge is -2.14. The average molecular weight is 425 g/mol. The number of anilines is 1. The summed E-state index contributed by atoms with van der Waals surface area (Å²) in [4.78, 5) is 31.3. The van der Waals surface area contributed by atoms with Gasteiger partial charge in [0.2, 0.25) is 15.9 Å². The van der Waals surface area contributed by atoms with Gasteiger partial charge < -0.3 is 10.3 Å². The average Bonchev–Trinajstić information content (AvgIpc) is 2.61. The van der Waals surface area contributed by atoms with Crippen molar-refractivity contribution >= 4 is 33.4 Å². The van der Waals surface area contributed by atoms with Gasteiger partial charge in [0, 0.05) is 31.5 Å². The Balaban J connectivity index is 2.12. The summed E-state index contributed by atoms with van der Waals surface area (Å²) in [6.07, 6.45) is 1.55. The highest BCUT2D eigenvalue weighted by molar-refractivity contribution is 8.00. The van der Waals surface area contributed by atoms with Crippen LogP contribution >= 0.6 is 11.8 Å². The number of benzene rings is 1. The Hall–Kier alpha value is -2.17. The Morgan fingerprint density at radius 2 is 2.04 bits per heavy atom. The van der Waals surface area contributed by atoms with Crippen LogP contribution in [0.2, 0.25) is 0 Å². The number of aryl methyl sites for hydroxylation is 1. The van der Waals surface area contributed by atoms with Gasteiger partial charge in [0.25, 0.3) is 5.56 Å². The molecule has 1 aromatic heterocycles. The van der Waals surface area contributed by atoms with E-state index in [0.717, 1.165) is 22.5 Å². The summed E-state index contributed by atoms with van der Waals surface area (Å²) >= 11 is 1.13. The summed E-state index contributed by atoms with van der Waals surface area (Å²) in [6.45, 7) is 3.68. The molecule has 0 saturated heterocycles. The predicted molar refractivity (Wildman–Crippen MR) is 110 cm³/mol. The molecule has 1 aromatic carbocycles. The van der Waals surface area contributed by atoms with E-state index in [0.29, 0.717) is 23.0 Å². The first kappa shape index (κ1) is 22.1. The van der Waals surface area contributed by atoms with E-state index in [-0.39, 0.29) is 16.4 Å². The number of aromatic amines is 1. The lowest BCUT2D eigenvalue weighted by Crippen LogP contribution is -2.24. The minimum absolute atomic E-state index is 0.0915. The number of hydrogen-bond donors (Lipinski definition) is 2. The molecule has 1 atom stereocenters. The van der Waals surface area contributed by atoms with Crippen molar-refractivity contribution in [3.8, 4) is 0 Å². The van der Waals surface area contributed by atoms with Gasteiger partial charge in [-0.15, -0.1) is 0 Å². The largest absolute Gasteiger partial charge is 0.325 e. The van der Waals surface area contributed by atoms with E-state index in [1.54, 1.807) is 19.1 Å². The SMILES string of the molecule is CCCc1cc(=O)[nH]c(SC(C)C(=O)Nc2cccc(S(=O)(=O)N(C)C)c2)n1. The molecule has 0 aliphatic rings. The molecular weight excluding hydrogens is 400 g/mol. The number of carbonyl (C=O) groups excluding carboxylic acids is 1. The van der Waals surface area contributed by atoms with Gasteiger partial charge in [0.15, 0.2) is 5.16 Å². The van der Waals surface area contributed by atoms with Crippen molar-refractivity contribution in [2.45, 2.75) is 42.0 Å². The number of aromatic nitrogens is 2. The van der Waals surface area contributed by atoms with Crippen LogP contribution in [0.25, 0.3) is 0 Å². The fourth-order valence-corrected chi connectivity index (χ4v) is 4.11. The van der Waals surface area contributed by atoms with Crippen molar-refractivity contribution in [3.63, 3.8) is 0 Å². The van der Waals surface area contributed by atoms with Crippen molar-refractivity contribution in [3.05, 3.63) is 46.4 Å². The molecule has 0 aliphatic carbocycles. The minimum Gasteiger partial charge on any atom is -0.325 e. The summed E-state index contributed by atoms with van der Waals surface area (Å²) in [6, 6.07) is 7.52. The number of amides is 1. The fourth-order valence-electron chi connectivity index (χ4n) is 2.33. The van der Waals surface area contributed by atoms with Crippen LogP contribution in [0.15, 0.2) is 45.2 Å². The number of thioether (sulfide) groups is 1. The maximum Gasteiger partial charge on any atom is 0.251 e. The molecule has 2 aromatic rings. The molecule has 10 heteroatoms. The highest BCUT2D eigenvalue weighted by Crippen LogP contribution is 2.22. The minimum atomic E-state index is -3.59. The maximum absolute atomic E-state index is 12.5. The number of rotatable bonds is 8. The van der Waals surface area contributed by atoms with Crippen LogP contribution in [-0.2, 0) is 21.2 Å². The summed E-state index contributed by atoms with van der Waals surface area (Å²) in [5.41, 5.74) is 0.805. The maximum atomic E-state index is 12.5. The third kappa shape index (κ3) is 5.66. The second-order valence-corrected chi connectivity index (χ2v) is 9.84. The molecule has 0 aliphatic heterocycles. The van der Waals surface area contributed by atoms with E-state index in [4.69, 9.17) is 0 Å². The topological polar surface area (TPSA) is 112 Å². The van der Waals surface area contributed by atoms with E-state index in [9.17, 15) is 18.0 Å². The van der Waals surface area contributed by atoms with Crippen LogP contribution < -0.4 is 10.9 Å². The van der Waals surface area contributed by atoms with Crippen LogP contribution in [-0.4, -0.2) is 47.9 Å². The first-order valence-electron chi connectivity index (χ1n) is 8.74. The number of nitrogens with zero attached hydrogens (tertiary/aromatic N) is 2. The standard InChI is InChI=1S/C18H24N4O4S2/c1-5-7-13-11-16(23)21-18(20-13)27-12(2)17(24)19-14-8-6-9-15(10-14)28(25,26)22(3)4/h6,8-12H,5,7H2,1-4H3,(H,19,24)(H,20,21,23). The zero-order chi connectivity index (χ0) is 20.9. The number of nitrogens with one attached hydrogen (secondary N) is 2. The quantitative estimate of drug-likeness (QED) is 0.496. The van der Waals surface area contributed by atoms with Gasteiger partial charge in [-0.05, 0) is 31.5 Å². The molecular formula is C18H24N4O4S2. The summed E-state index contributed by atoms with van der Waals surface area (Å²) < 4.78 is 25.6. The zero-order valence-electron chi connectivity index (χ0n) is 16.2. The van der Waals surface area contributed by atoms with Gasteiger partial charge in [-0.2, -0.15) is 0 Å². The van der Waals surface area contributed by atoms with Crippen molar-refractivity contribution in [1.29, 1.82) is 0 Å². The van der Waals surface area contributed by atoms with E-state index in [1.165, 1.54) is 32.3 Å². The molecule has 28 heavy (non-hydrogen) atoms. The molecule has 1 heterocycles. The van der Waals surface area contributed by atoms with E-state index in [2.05, 4.69) is 15.3 Å². The molecule has 0 bridgehead atoms. The number of carbonyl (C=O) groups is 1. The highest BCUT2D eigenvalue weighted by Gasteiger charge is 2.20. The van der Waals surface area contributed by atoms with Crippen molar-refractivity contribution < 1.29 is 13.2 Å². The predicted octanol–water partition coefficient (Wildman–Crippen LogP) is 2.09. The molecule has 0 spiro atoms. The number of sulfonamides is 1. The Morgan fingerprint density at radius 1 is 1.32 bits per heavy atom. The van der Waals surface area contributed by atoms with Gasteiger partial charge in [-0.3, -0.25) is 9.59 Å². The van der Waals surface area contributed by atoms with Crippen LogP contribution in [0, 0.1) is 0 Å². The number of H-pyrrole nitrogens is 1. The van der Waals surface area contributed by atoms with E-state index in [1.807, 2.05) is 6.92 Å². The first-order chi connectivity index (χ1) is 13.1. The Labute approximate surface area is 168 Å². The van der Waals surface area contributed by atoms with Crippen LogP contribution in [0.1, 0.15) is 26.0 Å².